The first-order chi connectivity index (χ1) is 8.09. The molecule has 92 valence electrons. The molecule has 1 aromatic rings. The standard InChI is InChI=1S/C11H14ClN3O2/c1-7-4-2-3-5-15(7)11-13-6-8(12)9(14-11)10(16)17/h6-7H,2-5H2,1H3,(H,16,17). The van der Waals surface area contributed by atoms with Crippen molar-refractivity contribution in [3.05, 3.63) is 16.9 Å². The first kappa shape index (κ1) is 12.1. The number of hydrogen-bond donors (Lipinski definition) is 1. The molecule has 1 saturated heterocycles. The number of hydrogen-bond acceptors (Lipinski definition) is 4. The van der Waals surface area contributed by atoms with Crippen LogP contribution in [-0.4, -0.2) is 33.6 Å². The van der Waals surface area contributed by atoms with Gasteiger partial charge in [-0.1, -0.05) is 11.6 Å². The second-order valence-electron chi connectivity index (χ2n) is 4.21. The topological polar surface area (TPSA) is 66.3 Å². The number of anilines is 1. The largest absolute Gasteiger partial charge is 0.476 e. The minimum Gasteiger partial charge on any atom is -0.476 e. The summed E-state index contributed by atoms with van der Waals surface area (Å²) < 4.78 is 0. The summed E-state index contributed by atoms with van der Waals surface area (Å²) in [6, 6.07) is 0.339. The van der Waals surface area contributed by atoms with Gasteiger partial charge in [-0.2, -0.15) is 0 Å². The Morgan fingerprint density at radius 3 is 3.00 bits per heavy atom. The molecule has 1 atom stereocenters. The molecule has 6 heteroatoms. The molecule has 0 radical (unpaired) electrons. The zero-order valence-electron chi connectivity index (χ0n) is 9.56. The van der Waals surface area contributed by atoms with Crippen molar-refractivity contribution in [1.29, 1.82) is 0 Å². The molecule has 1 unspecified atom stereocenters. The predicted molar refractivity (Wildman–Crippen MR) is 64.7 cm³/mol. The summed E-state index contributed by atoms with van der Waals surface area (Å²) in [7, 11) is 0. The summed E-state index contributed by atoms with van der Waals surface area (Å²) in [6.45, 7) is 2.96. The maximum Gasteiger partial charge on any atom is 0.356 e. The molecule has 0 amide bonds. The number of nitrogens with zero attached hydrogens (tertiary/aromatic N) is 3. The van der Waals surface area contributed by atoms with Crippen molar-refractivity contribution in [2.75, 3.05) is 11.4 Å². The summed E-state index contributed by atoms with van der Waals surface area (Å²) in [5.41, 5.74) is -0.130. The fourth-order valence-electron chi connectivity index (χ4n) is 2.04. The Hall–Kier alpha value is -1.36. The van der Waals surface area contributed by atoms with Gasteiger partial charge in [-0.25, -0.2) is 14.8 Å². The van der Waals surface area contributed by atoms with Crippen molar-refractivity contribution >= 4 is 23.5 Å². The Morgan fingerprint density at radius 2 is 2.35 bits per heavy atom. The summed E-state index contributed by atoms with van der Waals surface area (Å²) in [4.78, 5) is 21.1. The smallest absolute Gasteiger partial charge is 0.356 e. The minimum absolute atomic E-state index is 0.0749. The minimum atomic E-state index is -1.12. The van der Waals surface area contributed by atoms with E-state index in [9.17, 15) is 4.79 Å². The van der Waals surface area contributed by atoms with Crippen LogP contribution in [0.3, 0.4) is 0 Å². The summed E-state index contributed by atoms with van der Waals surface area (Å²) >= 11 is 5.74. The number of rotatable bonds is 2. The lowest BCUT2D eigenvalue weighted by atomic mass is 10.0. The highest BCUT2D eigenvalue weighted by atomic mass is 35.5. The second-order valence-corrected chi connectivity index (χ2v) is 4.62. The number of aromatic nitrogens is 2. The Morgan fingerprint density at radius 1 is 1.59 bits per heavy atom. The molecule has 5 nitrogen and oxygen atoms in total. The molecule has 0 saturated carbocycles. The maximum absolute atomic E-state index is 10.9. The van der Waals surface area contributed by atoms with Crippen LogP contribution >= 0.6 is 11.6 Å². The van der Waals surface area contributed by atoms with Crippen LogP contribution in [0.4, 0.5) is 5.95 Å². The third kappa shape index (κ3) is 2.49. The number of piperidine rings is 1. The Kier molecular flexibility index (Phi) is 3.47. The molecular weight excluding hydrogens is 242 g/mol. The van der Waals surface area contributed by atoms with Gasteiger partial charge in [-0.3, -0.25) is 0 Å². The highest BCUT2D eigenvalue weighted by Gasteiger charge is 2.22. The van der Waals surface area contributed by atoms with Crippen molar-refractivity contribution in [1.82, 2.24) is 9.97 Å². The van der Waals surface area contributed by atoms with Gasteiger partial charge in [0.1, 0.15) is 0 Å². The second kappa shape index (κ2) is 4.87. The van der Waals surface area contributed by atoms with Crippen molar-refractivity contribution in [2.45, 2.75) is 32.2 Å². The molecular formula is C11H14ClN3O2. The van der Waals surface area contributed by atoms with E-state index in [2.05, 4.69) is 16.9 Å². The van der Waals surface area contributed by atoms with Gasteiger partial charge in [-0.05, 0) is 26.2 Å². The van der Waals surface area contributed by atoms with Crippen LogP contribution < -0.4 is 4.90 Å². The van der Waals surface area contributed by atoms with Crippen molar-refractivity contribution in [3.8, 4) is 0 Å². The van der Waals surface area contributed by atoms with E-state index in [-0.39, 0.29) is 10.7 Å². The number of carbonyl (C=O) groups is 1. The molecule has 0 bridgehead atoms. The monoisotopic (exact) mass is 255 g/mol. The molecule has 17 heavy (non-hydrogen) atoms. The van der Waals surface area contributed by atoms with Crippen LogP contribution in [0.2, 0.25) is 5.02 Å². The average molecular weight is 256 g/mol. The van der Waals surface area contributed by atoms with Gasteiger partial charge in [0.05, 0.1) is 11.2 Å². The van der Waals surface area contributed by atoms with Crippen molar-refractivity contribution < 1.29 is 9.90 Å². The van der Waals surface area contributed by atoms with Gasteiger partial charge < -0.3 is 10.0 Å². The highest BCUT2D eigenvalue weighted by Crippen LogP contribution is 2.23. The normalized spacial score (nSPS) is 20.4. The van der Waals surface area contributed by atoms with E-state index >= 15 is 0 Å². The molecule has 1 fully saturated rings. The van der Waals surface area contributed by atoms with Crippen molar-refractivity contribution in [2.24, 2.45) is 0 Å². The predicted octanol–water partition coefficient (Wildman–Crippen LogP) is 2.21. The number of halogens is 1. The lowest BCUT2D eigenvalue weighted by Crippen LogP contribution is -2.38. The average Bonchev–Trinajstić information content (AvgIpc) is 2.30. The summed E-state index contributed by atoms with van der Waals surface area (Å²) in [6.07, 6.45) is 4.71. The molecule has 2 rings (SSSR count). The van der Waals surface area contributed by atoms with Crippen LogP contribution in [0.25, 0.3) is 0 Å². The van der Waals surface area contributed by atoms with E-state index in [4.69, 9.17) is 16.7 Å². The van der Waals surface area contributed by atoms with E-state index in [0.717, 1.165) is 19.4 Å². The Balaban J connectivity index is 2.32. The first-order valence-corrected chi connectivity index (χ1v) is 6.00. The molecule has 0 aliphatic carbocycles. The van der Waals surface area contributed by atoms with Crippen molar-refractivity contribution in [3.63, 3.8) is 0 Å². The number of carboxylic acids is 1. The molecule has 1 N–H and O–H groups in total. The van der Waals surface area contributed by atoms with Gasteiger partial charge in [0.2, 0.25) is 5.95 Å². The Bertz CT molecular complexity index is 439. The fourth-order valence-corrected chi connectivity index (χ4v) is 2.21. The molecule has 0 spiro atoms. The summed E-state index contributed by atoms with van der Waals surface area (Å²) in [5, 5.41) is 9.04. The van der Waals surface area contributed by atoms with Gasteiger partial charge in [0, 0.05) is 12.6 Å². The lowest BCUT2D eigenvalue weighted by Gasteiger charge is -2.33. The Labute approximate surface area is 104 Å². The van der Waals surface area contributed by atoms with E-state index in [1.165, 1.54) is 12.6 Å². The van der Waals surface area contributed by atoms with Crippen LogP contribution in [0.1, 0.15) is 36.7 Å². The SMILES string of the molecule is CC1CCCCN1c1ncc(Cl)c(C(=O)O)n1. The first-order valence-electron chi connectivity index (χ1n) is 5.62. The van der Waals surface area contributed by atoms with Crippen LogP contribution in [0, 0.1) is 0 Å². The lowest BCUT2D eigenvalue weighted by molar-refractivity contribution is 0.0690. The number of carboxylic acid groups (broad SMARTS) is 1. The van der Waals surface area contributed by atoms with Gasteiger partial charge in [0.25, 0.3) is 0 Å². The van der Waals surface area contributed by atoms with E-state index < -0.39 is 5.97 Å². The zero-order valence-corrected chi connectivity index (χ0v) is 10.3. The van der Waals surface area contributed by atoms with Gasteiger partial charge in [-0.15, -0.1) is 0 Å². The molecule has 2 heterocycles. The molecule has 1 aliphatic heterocycles. The maximum atomic E-state index is 10.9. The van der Waals surface area contributed by atoms with Crippen LogP contribution in [0.5, 0.6) is 0 Å². The van der Waals surface area contributed by atoms with E-state index in [1.54, 1.807) is 0 Å². The highest BCUT2D eigenvalue weighted by molar-refractivity contribution is 6.33. The quantitative estimate of drug-likeness (QED) is 0.878. The molecule has 1 aromatic heterocycles. The van der Waals surface area contributed by atoms with Gasteiger partial charge in [0.15, 0.2) is 5.69 Å². The third-order valence-electron chi connectivity index (χ3n) is 2.99. The fraction of sp³-hybridized carbons (Fsp3) is 0.545. The zero-order chi connectivity index (χ0) is 12.4. The molecule has 1 aliphatic rings. The van der Waals surface area contributed by atoms with Crippen LogP contribution in [-0.2, 0) is 0 Å². The van der Waals surface area contributed by atoms with E-state index in [0.29, 0.717) is 12.0 Å². The number of aromatic carboxylic acids is 1. The third-order valence-corrected chi connectivity index (χ3v) is 3.27. The van der Waals surface area contributed by atoms with Gasteiger partial charge >= 0.3 is 5.97 Å². The van der Waals surface area contributed by atoms with E-state index in [1.807, 2.05) is 4.90 Å². The molecule has 0 aromatic carbocycles. The van der Waals surface area contributed by atoms with Crippen LogP contribution in [0.15, 0.2) is 6.20 Å². The summed E-state index contributed by atoms with van der Waals surface area (Å²) in [5.74, 6) is -0.665.